The fourth-order valence-electron chi connectivity index (χ4n) is 5.44. The van der Waals surface area contributed by atoms with E-state index in [4.69, 9.17) is 0 Å². The Balaban J connectivity index is 0.00000441. The molecule has 0 spiro atoms. The molecule has 7 nitrogen and oxygen atoms in total. The second-order valence-corrected chi connectivity index (χ2v) is 9.89. The third-order valence-electron chi connectivity index (χ3n) is 7.13. The van der Waals surface area contributed by atoms with Crippen LogP contribution in [0.4, 0.5) is 0 Å². The van der Waals surface area contributed by atoms with Crippen molar-refractivity contribution >= 4 is 42.5 Å². The molecule has 1 aliphatic carbocycles. The molecule has 0 aliphatic heterocycles. The summed E-state index contributed by atoms with van der Waals surface area (Å²) in [6.07, 6.45) is 9.54. The van der Waals surface area contributed by atoms with Crippen LogP contribution >= 0.6 is 24.8 Å². The van der Waals surface area contributed by atoms with Gasteiger partial charge in [0.25, 0.3) is 0 Å². The van der Waals surface area contributed by atoms with Crippen molar-refractivity contribution in [1.82, 2.24) is 9.80 Å². The molecule has 2 N–H and O–H groups in total. The molecule has 0 aromatic heterocycles. The van der Waals surface area contributed by atoms with E-state index in [1.165, 1.54) is 12.1 Å². The van der Waals surface area contributed by atoms with Crippen LogP contribution < -0.4 is 0 Å². The predicted molar refractivity (Wildman–Crippen MR) is 174 cm³/mol. The molecule has 3 rings (SSSR count). The number of aromatic carboxylic acids is 2. The zero-order valence-corrected chi connectivity index (χ0v) is 25.5. The largest absolute Gasteiger partial charge is 0.478 e. The van der Waals surface area contributed by atoms with Gasteiger partial charge in [-0.15, -0.1) is 51.1 Å². The molecule has 0 amide bonds. The number of aryl methyl sites for hydroxylation is 1. The molecule has 0 saturated heterocycles. The summed E-state index contributed by atoms with van der Waals surface area (Å²) < 4.78 is 0. The van der Waals surface area contributed by atoms with Gasteiger partial charge in [0, 0.05) is 37.3 Å². The van der Waals surface area contributed by atoms with E-state index in [1.54, 1.807) is 6.07 Å². The van der Waals surface area contributed by atoms with Crippen LogP contribution in [0.5, 0.6) is 0 Å². The number of hydrogen-bond acceptors (Lipinski definition) is 5. The molecular formula is C33H40Cl2N2O5. The Morgan fingerprint density at radius 2 is 1.24 bits per heavy atom. The number of rotatable bonds is 18. The monoisotopic (exact) mass is 614 g/mol. The van der Waals surface area contributed by atoms with Gasteiger partial charge in [-0.05, 0) is 79.2 Å². The van der Waals surface area contributed by atoms with E-state index in [0.29, 0.717) is 91.8 Å². The molecule has 42 heavy (non-hydrogen) atoms. The van der Waals surface area contributed by atoms with Gasteiger partial charge in [-0.1, -0.05) is 30.4 Å². The number of carbonyl (C=O) groups is 3. The zero-order chi connectivity index (χ0) is 29.2. The van der Waals surface area contributed by atoms with Crippen LogP contribution in [0.15, 0.2) is 74.9 Å². The maximum atomic E-state index is 13.7. The van der Waals surface area contributed by atoms with Crippen LogP contribution in [0.25, 0.3) is 11.1 Å². The Kier molecular flexibility index (Phi) is 15.2. The van der Waals surface area contributed by atoms with Crippen LogP contribution in [0, 0.1) is 0 Å². The fraction of sp³-hybridized carbons (Fsp3) is 0.303. The van der Waals surface area contributed by atoms with Gasteiger partial charge in [0.2, 0.25) is 0 Å². The van der Waals surface area contributed by atoms with Gasteiger partial charge < -0.3 is 10.2 Å². The summed E-state index contributed by atoms with van der Waals surface area (Å²) in [4.78, 5) is 42.3. The highest BCUT2D eigenvalue weighted by molar-refractivity contribution is 6.24. The molecule has 0 unspecified atom stereocenters. The first-order valence-electron chi connectivity index (χ1n) is 13.5. The summed E-state index contributed by atoms with van der Waals surface area (Å²) >= 11 is 0. The van der Waals surface area contributed by atoms with Crippen molar-refractivity contribution in [3.8, 4) is 11.1 Å². The highest BCUT2D eigenvalue weighted by atomic mass is 35.5. The van der Waals surface area contributed by atoms with Crippen molar-refractivity contribution in [2.75, 3.05) is 39.3 Å². The van der Waals surface area contributed by atoms with Gasteiger partial charge in [-0.3, -0.25) is 14.6 Å². The molecule has 9 heteroatoms. The molecular weight excluding hydrogens is 575 g/mol. The van der Waals surface area contributed by atoms with E-state index in [9.17, 15) is 24.6 Å². The van der Waals surface area contributed by atoms with Gasteiger partial charge in [-0.25, -0.2) is 9.59 Å². The Hall–Kier alpha value is -3.49. The van der Waals surface area contributed by atoms with Crippen molar-refractivity contribution in [2.45, 2.75) is 25.7 Å². The van der Waals surface area contributed by atoms with Crippen LogP contribution in [0.1, 0.15) is 60.6 Å². The summed E-state index contributed by atoms with van der Waals surface area (Å²) in [6.45, 7) is 19.4. The molecule has 0 heterocycles. The van der Waals surface area contributed by atoms with Crippen molar-refractivity contribution in [3.63, 3.8) is 0 Å². The normalized spacial score (nSPS) is 11.2. The topological polar surface area (TPSA) is 98.2 Å². The predicted octanol–water partition coefficient (Wildman–Crippen LogP) is 6.35. The Bertz CT molecular complexity index is 1320. The maximum Gasteiger partial charge on any atom is 0.336 e. The van der Waals surface area contributed by atoms with Crippen LogP contribution in [0.3, 0.4) is 0 Å². The number of carbonyl (C=O) groups excluding carboxylic acids is 1. The minimum atomic E-state index is -1.12. The zero-order valence-electron chi connectivity index (χ0n) is 23.8. The molecule has 1 aliphatic rings. The van der Waals surface area contributed by atoms with Crippen LogP contribution in [-0.4, -0.2) is 77.0 Å². The molecule has 226 valence electrons. The first-order valence-corrected chi connectivity index (χ1v) is 13.5. The van der Waals surface area contributed by atoms with E-state index >= 15 is 0 Å². The van der Waals surface area contributed by atoms with E-state index in [1.807, 2.05) is 30.4 Å². The standard InChI is InChI=1S/C33H38N2O5.2ClH/c1-5-15-34(16-6-2)19-9-11-23-21-27-25-14-13-24(32(37)38)22-28(25)31(36)30(27)26(29(23)33(39)40)12-10-20-35(17-7-3)18-8-4;;/h5-8,13-14,21-22H,1-4,9-12,15-20H2,(H,37,38)(H,39,40);2*1H. The number of ketones is 1. The lowest BCUT2D eigenvalue weighted by Crippen LogP contribution is -2.26. The van der Waals surface area contributed by atoms with E-state index in [2.05, 4.69) is 36.1 Å². The maximum absolute atomic E-state index is 13.7. The minimum Gasteiger partial charge on any atom is -0.478 e. The van der Waals surface area contributed by atoms with Crippen molar-refractivity contribution < 1.29 is 24.6 Å². The second kappa shape index (κ2) is 17.5. The van der Waals surface area contributed by atoms with Crippen molar-refractivity contribution in [1.29, 1.82) is 0 Å². The number of nitrogens with zero attached hydrogens (tertiary/aromatic N) is 2. The average molecular weight is 616 g/mol. The molecule has 0 saturated carbocycles. The average Bonchev–Trinajstić information content (AvgIpc) is 3.19. The second-order valence-electron chi connectivity index (χ2n) is 9.89. The van der Waals surface area contributed by atoms with Crippen LogP contribution in [-0.2, 0) is 12.8 Å². The Morgan fingerprint density at radius 3 is 1.71 bits per heavy atom. The highest BCUT2D eigenvalue weighted by Gasteiger charge is 2.34. The van der Waals surface area contributed by atoms with Gasteiger partial charge >= 0.3 is 11.9 Å². The third-order valence-corrected chi connectivity index (χ3v) is 7.13. The van der Waals surface area contributed by atoms with Crippen molar-refractivity contribution in [3.05, 3.63) is 108 Å². The number of carboxylic acids is 2. The lowest BCUT2D eigenvalue weighted by molar-refractivity contribution is 0.0684. The number of halogens is 2. The molecule has 0 fully saturated rings. The number of benzene rings is 2. The minimum absolute atomic E-state index is 0. The van der Waals surface area contributed by atoms with Gasteiger partial charge in [0.15, 0.2) is 5.78 Å². The Morgan fingerprint density at radius 1 is 0.714 bits per heavy atom. The first kappa shape index (κ1) is 36.5. The number of carboxylic acid groups (broad SMARTS) is 2. The fourth-order valence-corrected chi connectivity index (χ4v) is 5.44. The summed E-state index contributed by atoms with van der Waals surface area (Å²) in [5, 5.41) is 19.9. The summed E-state index contributed by atoms with van der Waals surface area (Å²) in [5.74, 6) is -2.51. The summed E-state index contributed by atoms with van der Waals surface area (Å²) in [7, 11) is 0. The highest BCUT2D eigenvalue weighted by Crippen LogP contribution is 2.42. The quantitative estimate of drug-likeness (QED) is 0.161. The Labute approximate surface area is 260 Å². The molecule has 0 atom stereocenters. The first-order chi connectivity index (χ1) is 19.3. The molecule has 2 aromatic rings. The SMILES string of the molecule is C=CCN(CC=C)CCCc1cc2c(c(CCCN(CC=C)CC=C)c1C(=O)O)C(=O)c1cc(C(=O)O)ccc1-2.Cl.Cl. The lowest BCUT2D eigenvalue weighted by Gasteiger charge is -2.21. The number of fused-ring (bicyclic) bond motifs is 3. The van der Waals surface area contributed by atoms with Crippen LogP contribution in [0.2, 0.25) is 0 Å². The van der Waals surface area contributed by atoms with Gasteiger partial charge in [0.05, 0.1) is 11.1 Å². The van der Waals surface area contributed by atoms with Gasteiger partial charge in [-0.2, -0.15) is 0 Å². The van der Waals surface area contributed by atoms with E-state index in [0.717, 1.165) is 6.54 Å². The summed E-state index contributed by atoms with van der Waals surface area (Å²) in [5.41, 5.74) is 3.38. The number of hydrogen-bond donors (Lipinski definition) is 2. The van der Waals surface area contributed by atoms with Gasteiger partial charge in [0.1, 0.15) is 0 Å². The molecule has 0 radical (unpaired) electrons. The molecule has 0 bridgehead atoms. The lowest BCUT2D eigenvalue weighted by atomic mass is 9.87. The molecule has 2 aromatic carbocycles. The summed E-state index contributed by atoms with van der Waals surface area (Å²) in [6, 6.07) is 6.35. The van der Waals surface area contributed by atoms with E-state index < -0.39 is 11.9 Å². The third kappa shape index (κ3) is 8.52. The van der Waals surface area contributed by atoms with Crippen molar-refractivity contribution in [2.24, 2.45) is 0 Å². The smallest absolute Gasteiger partial charge is 0.336 e. The van der Waals surface area contributed by atoms with E-state index in [-0.39, 0.29) is 41.7 Å².